The molecule has 6 heteroatoms. The minimum Gasteiger partial charge on any atom is -0.479 e. The number of ether oxygens (including phenoxy) is 2. The zero-order valence-corrected chi connectivity index (χ0v) is 7.95. The molecule has 1 saturated heterocycles. The molecule has 82 valence electrons. The van der Waals surface area contributed by atoms with Crippen LogP contribution in [0.3, 0.4) is 0 Å². The molecular weight excluding hydrogens is 192 g/mol. The van der Waals surface area contributed by atoms with Gasteiger partial charge in [-0.15, -0.1) is 0 Å². The summed E-state index contributed by atoms with van der Waals surface area (Å²) < 4.78 is 9.75. The molecule has 0 bridgehead atoms. The zero-order valence-electron chi connectivity index (χ0n) is 7.95. The molecule has 1 heterocycles. The number of carboxylic acids is 1. The predicted octanol–water partition coefficient (Wildman–Crippen LogP) is -1.40. The summed E-state index contributed by atoms with van der Waals surface area (Å²) in [6.07, 6.45) is -5.34. The molecule has 0 aromatic carbocycles. The number of aliphatic hydroxyl groups excluding tert-OH is 2. The number of aliphatic carboxylic acids is 1. The van der Waals surface area contributed by atoms with Crippen LogP contribution < -0.4 is 0 Å². The normalized spacial score (nSPS) is 43.6. The quantitative estimate of drug-likeness (QED) is 0.514. The maximum atomic E-state index is 10.7. The lowest BCUT2D eigenvalue weighted by molar-refractivity contribution is -0.229. The molecule has 0 saturated carbocycles. The fourth-order valence-corrected chi connectivity index (χ4v) is 1.52. The average molecular weight is 206 g/mol. The van der Waals surface area contributed by atoms with Gasteiger partial charge in [-0.25, -0.2) is 4.79 Å². The van der Waals surface area contributed by atoms with Crippen LogP contribution in [0.25, 0.3) is 0 Å². The Morgan fingerprint density at radius 2 is 1.93 bits per heavy atom. The van der Waals surface area contributed by atoms with Gasteiger partial charge in [-0.1, -0.05) is 0 Å². The molecule has 0 aromatic rings. The molecule has 0 aromatic heterocycles. The summed E-state index contributed by atoms with van der Waals surface area (Å²) in [5, 5.41) is 27.7. The molecule has 0 amide bonds. The molecule has 6 nitrogen and oxygen atoms in total. The van der Waals surface area contributed by atoms with Crippen LogP contribution in [0.15, 0.2) is 0 Å². The van der Waals surface area contributed by atoms with Crippen LogP contribution in [-0.2, 0) is 14.3 Å². The molecule has 0 spiro atoms. The highest BCUT2D eigenvalue weighted by Gasteiger charge is 2.46. The summed E-state index contributed by atoms with van der Waals surface area (Å²) in [7, 11) is 1.30. The van der Waals surface area contributed by atoms with Gasteiger partial charge in [0.05, 0.1) is 6.10 Å². The Kier molecular flexibility index (Phi) is 3.43. The SMILES string of the molecule is COC1[C@H](O)C(C)OC(C(=O)O)[C@H]1O. The van der Waals surface area contributed by atoms with Crippen LogP contribution in [0.4, 0.5) is 0 Å². The monoisotopic (exact) mass is 206 g/mol. The van der Waals surface area contributed by atoms with E-state index < -0.39 is 36.5 Å². The van der Waals surface area contributed by atoms with Gasteiger partial charge in [0.2, 0.25) is 0 Å². The molecule has 1 aliphatic rings. The third-order valence-electron chi connectivity index (χ3n) is 2.34. The fraction of sp³-hybridized carbons (Fsp3) is 0.875. The molecule has 1 rings (SSSR count). The van der Waals surface area contributed by atoms with Crippen LogP contribution in [0, 0.1) is 0 Å². The van der Waals surface area contributed by atoms with E-state index in [0.29, 0.717) is 0 Å². The van der Waals surface area contributed by atoms with Gasteiger partial charge in [-0.2, -0.15) is 0 Å². The van der Waals surface area contributed by atoms with Gasteiger partial charge >= 0.3 is 5.97 Å². The standard InChI is InChI=1S/C8H14O6/c1-3-4(9)6(13-2)5(10)7(14-3)8(11)12/h3-7,9-10H,1-2H3,(H,11,12)/t3?,4-,5+,6?,7?/m1/s1. The zero-order chi connectivity index (χ0) is 10.9. The van der Waals surface area contributed by atoms with E-state index in [2.05, 4.69) is 0 Å². The van der Waals surface area contributed by atoms with Crippen molar-refractivity contribution in [3.63, 3.8) is 0 Å². The van der Waals surface area contributed by atoms with E-state index in [4.69, 9.17) is 14.6 Å². The second kappa shape index (κ2) is 4.22. The maximum absolute atomic E-state index is 10.7. The lowest BCUT2D eigenvalue weighted by Crippen LogP contribution is -2.59. The van der Waals surface area contributed by atoms with Crippen molar-refractivity contribution in [2.75, 3.05) is 7.11 Å². The Balaban J connectivity index is 2.80. The lowest BCUT2D eigenvalue weighted by atomic mass is 9.95. The third-order valence-corrected chi connectivity index (χ3v) is 2.34. The Labute approximate surface area is 81.1 Å². The molecule has 0 aliphatic carbocycles. The molecule has 0 radical (unpaired) electrons. The fourth-order valence-electron chi connectivity index (χ4n) is 1.52. The molecule has 3 unspecified atom stereocenters. The molecular formula is C8H14O6. The Bertz CT molecular complexity index is 218. The number of carboxylic acid groups (broad SMARTS) is 1. The highest BCUT2D eigenvalue weighted by Crippen LogP contribution is 2.22. The van der Waals surface area contributed by atoms with Crippen molar-refractivity contribution in [1.29, 1.82) is 0 Å². The summed E-state index contributed by atoms with van der Waals surface area (Å²) in [5.41, 5.74) is 0. The van der Waals surface area contributed by atoms with Crippen molar-refractivity contribution in [2.24, 2.45) is 0 Å². The van der Waals surface area contributed by atoms with Crippen LogP contribution >= 0.6 is 0 Å². The lowest BCUT2D eigenvalue weighted by Gasteiger charge is -2.39. The highest BCUT2D eigenvalue weighted by molar-refractivity contribution is 5.73. The van der Waals surface area contributed by atoms with Gasteiger partial charge in [-0.3, -0.25) is 0 Å². The Hall–Kier alpha value is -0.690. The summed E-state index contributed by atoms with van der Waals surface area (Å²) in [6.45, 7) is 1.53. The number of aliphatic hydroxyl groups is 2. The van der Waals surface area contributed by atoms with Crippen molar-refractivity contribution >= 4 is 5.97 Å². The van der Waals surface area contributed by atoms with E-state index in [1.165, 1.54) is 14.0 Å². The first-order valence-corrected chi connectivity index (χ1v) is 4.26. The van der Waals surface area contributed by atoms with E-state index in [-0.39, 0.29) is 0 Å². The van der Waals surface area contributed by atoms with Crippen LogP contribution in [-0.4, -0.2) is 58.9 Å². The van der Waals surface area contributed by atoms with Crippen molar-refractivity contribution < 1.29 is 29.6 Å². The Morgan fingerprint density at radius 1 is 1.36 bits per heavy atom. The van der Waals surface area contributed by atoms with Crippen molar-refractivity contribution in [3.8, 4) is 0 Å². The molecule has 1 aliphatic heterocycles. The van der Waals surface area contributed by atoms with Crippen molar-refractivity contribution in [2.45, 2.75) is 37.4 Å². The predicted molar refractivity (Wildman–Crippen MR) is 44.8 cm³/mol. The second-order valence-electron chi connectivity index (χ2n) is 3.28. The van der Waals surface area contributed by atoms with E-state index in [9.17, 15) is 15.0 Å². The van der Waals surface area contributed by atoms with Gasteiger partial charge in [0, 0.05) is 7.11 Å². The van der Waals surface area contributed by atoms with E-state index in [1.54, 1.807) is 0 Å². The summed E-state index contributed by atoms with van der Waals surface area (Å²) in [6, 6.07) is 0. The number of methoxy groups -OCH3 is 1. The second-order valence-corrected chi connectivity index (χ2v) is 3.28. The van der Waals surface area contributed by atoms with Gasteiger partial charge in [0.15, 0.2) is 6.10 Å². The smallest absolute Gasteiger partial charge is 0.335 e. The van der Waals surface area contributed by atoms with E-state index in [1.807, 2.05) is 0 Å². The average Bonchev–Trinajstić information content (AvgIpc) is 2.12. The topological polar surface area (TPSA) is 96.2 Å². The summed E-state index contributed by atoms with van der Waals surface area (Å²) >= 11 is 0. The number of hydrogen-bond acceptors (Lipinski definition) is 5. The minimum absolute atomic E-state index is 0.676. The molecule has 1 fully saturated rings. The number of rotatable bonds is 2. The van der Waals surface area contributed by atoms with Crippen LogP contribution in [0.5, 0.6) is 0 Å². The van der Waals surface area contributed by atoms with Crippen molar-refractivity contribution in [3.05, 3.63) is 0 Å². The van der Waals surface area contributed by atoms with Crippen LogP contribution in [0.1, 0.15) is 6.92 Å². The van der Waals surface area contributed by atoms with Gasteiger partial charge in [0.25, 0.3) is 0 Å². The first-order valence-electron chi connectivity index (χ1n) is 4.26. The minimum atomic E-state index is -1.36. The van der Waals surface area contributed by atoms with E-state index in [0.717, 1.165) is 0 Å². The number of carbonyl (C=O) groups is 1. The first kappa shape index (κ1) is 11.4. The molecule has 5 atom stereocenters. The third kappa shape index (κ3) is 1.88. The van der Waals surface area contributed by atoms with Crippen molar-refractivity contribution in [1.82, 2.24) is 0 Å². The maximum Gasteiger partial charge on any atom is 0.335 e. The van der Waals surface area contributed by atoms with Gasteiger partial charge < -0.3 is 24.8 Å². The van der Waals surface area contributed by atoms with Crippen LogP contribution in [0.2, 0.25) is 0 Å². The largest absolute Gasteiger partial charge is 0.479 e. The Morgan fingerprint density at radius 3 is 2.36 bits per heavy atom. The number of hydrogen-bond donors (Lipinski definition) is 3. The highest BCUT2D eigenvalue weighted by atomic mass is 16.6. The van der Waals surface area contributed by atoms with Gasteiger partial charge in [-0.05, 0) is 6.92 Å². The van der Waals surface area contributed by atoms with E-state index >= 15 is 0 Å². The summed E-state index contributed by atoms with van der Waals surface area (Å²) in [4.78, 5) is 10.7. The van der Waals surface area contributed by atoms with Gasteiger partial charge in [0.1, 0.15) is 18.3 Å². The summed E-state index contributed by atoms with van der Waals surface area (Å²) in [5.74, 6) is -1.27. The molecule has 3 N–H and O–H groups in total. The first-order chi connectivity index (χ1) is 6.49. The molecule has 14 heavy (non-hydrogen) atoms.